The lowest BCUT2D eigenvalue weighted by molar-refractivity contribution is 0.475. The SMILES string of the molecule is Oc1ccc(NCc2cc(F)cc(Cl)c2)cc1Cl. The maximum Gasteiger partial charge on any atom is 0.134 e. The molecule has 2 N–H and O–H groups in total. The van der Waals surface area contributed by atoms with Crippen LogP contribution < -0.4 is 5.32 Å². The van der Waals surface area contributed by atoms with Gasteiger partial charge in [0.15, 0.2) is 0 Å². The van der Waals surface area contributed by atoms with Crippen LogP contribution in [0.4, 0.5) is 10.1 Å². The highest BCUT2D eigenvalue weighted by Crippen LogP contribution is 2.26. The van der Waals surface area contributed by atoms with Gasteiger partial charge in [-0.05, 0) is 42.0 Å². The van der Waals surface area contributed by atoms with Crippen molar-refractivity contribution in [2.45, 2.75) is 6.54 Å². The van der Waals surface area contributed by atoms with Gasteiger partial charge in [0.1, 0.15) is 11.6 Å². The zero-order valence-electron chi connectivity index (χ0n) is 9.25. The molecule has 0 saturated carbocycles. The van der Waals surface area contributed by atoms with Crippen LogP contribution in [0, 0.1) is 5.82 Å². The molecule has 0 amide bonds. The van der Waals surface area contributed by atoms with Gasteiger partial charge < -0.3 is 10.4 Å². The molecular weight excluding hydrogens is 276 g/mol. The van der Waals surface area contributed by atoms with Crippen molar-refractivity contribution >= 4 is 28.9 Å². The van der Waals surface area contributed by atoms with Crippen molar-refractivity contribution < 1.29 is 9.50 Å². The second kappa shape index (κ2) is 5.46. The number of hydrogen-bond acceptors (Lipinski definition) is 2. The third kappa shape index (κ3) is 3.28. The van der Waals surface area contributed by atoms with Crippen LogP contribution in [-0.2, 0) is 6.54 Å². The summed E-state index contributed by atoms with van der Waals surface area (Å²) >= 11 is 11.5. The lowest BCUT2D eigenvalue weighted by Gasteiger charge is -2.08. The number of anilines is 1. The van der Waals surface area contributed by atoms with E-state index in [2.05, 4.69) is 5.32 Å². The molecule has 94 valence electrons. The van der Waals surface area contributed by atoms with Gasteiger partial charge in [0.25, 0.3) is 0 Å². The first-order valence-electron chi connectivity index (χ1n) is 5.22. The molecule has 2 aromatic carbocycles. The molecule has 0 aliphatic rings. The fourth-order valence-corrected chi connectivity index (χ4v) is 1.96. The predicted molar refractivity (Wildman–Crippen MR) is 71.9 cm³/mol. The van der Waals surface area contributed by atoms with Gasteiger partial charge in [-0.2, -0.15) is 0 Å². The Hall–Kier alpha value is -1.45. The number of phenols is 1. The van der Waals surface area contributed by atoms with Crippen LogP contribution in [0.2, 0.25) is 10.0 Å². The first-order chi connectivity index (χ1) is 8.54. The topological polar surface area (TPSA) is 32.3 Å². The number of benzene rings is 2. The molecule has 5 heteroatoms. The highest BCUT2D eigenvalue weighted by molar-refractivity contribution is 6.32. The summed E-state index contributed by atoms with van der Waals surface area (Å²) in [5, 5.41) is 13.0. The first-order valence-corrected chi connectivity index (χ1v) is 5.97. The summed E-state index contributed by atoms with van der Waals surface area (Å²) in [4.78, 5) is 0. The van der Waals surface area contributed by atoms with Gasteiger partial charge in [-0.1, -0.05) is 23.2 Å². The zero-order valence-corrected chi connectivity index (χ0v) is 10.8. The third-order valence-electron chi connectivity index (χ3n) is 2.37. The van der Waals surface area contributed by atoms with Gasteiger partial charge in [-0.15, -0.1) is 0 Å². The lowest BCUT2D eigenvalue weighted by atomic mass is 10.2. The monoisotopic (exact) mass is 285 g/mol. The molecule has 0 bridgehead atoms. The Labute approximate surface area is 114 Å². The van der Waals surface area contributed by atoms with Gasteiger partial charge in [0.2, 0.25) is 0 Å². The van der Waals surface area contributed by atoms with Crippen molar-refractivity contribution in [3.8, 4) is 5.75 Å². The molecule has 0 fully saturated rings. The molecule has 0 aliphatic heterocycles. The average molecular weight is 286 g/mol. The maximum atomic E-state index is 13.1. The minimum absolute atomic E-state index is 0.0241. The normalized spacial score (nSPS) is 10.4. The fourth-order valence-electron chi connectivity index (χ4n) is 1.53. The summed E-state index contributed by atoms with van der Waals surface area (Å²) in [5.41, 5.74) is 1.46. The number of nitrogens with one attached hydrogen (secondary N) is 1. The predicted octanol–water partition coefficient (Wildman–Crippen LogP) is 4.45. The Morgan fingerprint density at radius 3 is 2.56 bits per heavy atom. The standard InChI is InChI=1S/C13H10Cl2FNO/c14-9-3-8(4-10(16)5-9)7-17-11-1-2-13(18)12(15)6-11/h1-6,17-18H,7H2. The molecule has 0 aromatic heterocycles. The molecule has 0 aliphatic carbocycles. The summed E-state index contributed by atoms with van der Waals surface area (Å²) in [5.74, 6) is -0.348. The van der Waals surface area contributed by atoms with Crippen LogP contribution >= 0.6 is 23.2 Å². The zero-order chi connectivity index (χ0) is 13.1. The largest absolute Gasteiger partial charge is 0.506 e. The van der Waals surface area contributed by atoms with Crippen molar-refractivity contribution in [2.75, 3.05) is 5.32 Å². The molecule has 0 radical (unpaired) electrons. The van der Waals surface area contributed by atoms with Gasteiger partial charge in [-0.25, -0.2) is 4.39 Å². The van der Waals surface area contributed by atoms with E-state index in [9.17, 15) is 9.50 Å². The second-order valence-electron chi connectivity index (χ2n) is 3.80. The van der Waals surface area contributed by atoms with Crippen LogP contribution in [0.15, 0.2) is 36.4 Å². The minimum atomic E-state index is -0.372. The first kappa shape index (κ1) is 13.0. The van der Waals surface area contributed by atoms with Crippen LogP contribution in [-0.4, -0.2) is 5.11 Å². The molecule has 0 saturated heterocycles. The lowest BCUT2D eigenvalue weighted by Crippen LogP contribution is -1.99. The van der Waals surface area contributed by atoms with Gasteiger partial charge in [0.05, 0.1) is 5.02 Å². The quantitative estimate of drug-likeness (QED) is 0.817. The Bertz CT molecular complexity index is 555. The number of aromatic hydroxyl groups is 1. The van der Waals surface area contributed by atoms with Crippen LogP contribution in [0.1, 0.15) is 5.56 Å². The van der Waals surface area contributed by atoms with Crippen molar-refractivity contribution in [3.63, 3.8) is 0 Å². The summed E-state index contributed by atoms with van der Waals surface area (Å²) < 4.78 is 13.1. The van der Waals surface area contributed by atoms with Crippen LogP contribution in [0.3, 0.4) is 0 Å². The molecule has 0 heterocycles. The molecule has 0 spiro atoms. The Morgan fingerprint density at radius 2 is 1.89 bits per heavy atom. The second-order valence-corrected chi connectivity index (χ2v) is 4.64. The third-order valence-corrected chi connectivity index (χ3v) is 2.89. The molecule has 0 atom stereocenters. The van der Waals surface area contributed by atoms with Gasteiger partial charge >= 0.3 is 0 Å². The maximum absolute atomic E-state index is 13.1. The number of phenolic OH excluding ortho intramolecular Hbond substituents is 1. The number of rotatable bonds is 3. The smallest absolute Gasteiger partial charge is 0.134 e. The highest BCUT2D eigenvalue weighted by Gasteiger charge is 2.02. The number of hydrogen-bond donors (Lipinski definition) is 2. The van der Waals surface area contributed by atoms with Gasteiger partial charge in [-0.3, -0.25) is 0 Å². The molecule has 18 heavy (non-hydrogen) atoms. The van der Waals surface area contributed by atoms with E-state index in [0.717, 1.165) is 11.3 Å². The van der Waals surface area contributed by atoms with E-state index in [4.69, 9.17) is 23.2 Å². The highest BCUT2D eigenvalue weighted by atomic mass is 35.5. The van der Waals surface area contributed by atoms with Crippen molar-refractivity contribution in [1.82, 2.24) is 0 Å². The Balaban J connectivity index is 2.08. The van der Waals surface area contributed by atoms with Gasteiger partial charge in [0, 0.05) is 17.3 Å². The van der Waals surface area contributed by atoms with E-state index in [0.29, 0.717) is 11.6 Å². The molecule has 2 rings (SSSR count). The molecule has 2 nitrogen and oxygen atoms in total. The fraction of sp³-hybridized carbons (Fsp3) is 0.0769. The summed E-state index contributed by atoms with van der Waals surface area (Å²) in [7, 11) is 0. The van der Waals surface area contributed by atoms with Crippen LogP contribution in [0.25, 0.3) is 0 Å². The minimum Gasteiger partial charge on any atom is -0.506 e. The summed E-state index contributed by atoms with van der Waals surface area (Å²) in [6.45, 7) is 0.415. The van der Waals surface area contributed by atoms with Crippen LogP contribution in [0.5, 0.6) is 5.75 Å². The van der Waals surface area contributed by atoms with E-state index in [1.807, 2.05) is 0 Å². The molecule has 0 unspecified atom stereocenters. The van der Waals surface area contributed by atoms with E-state index in [1.54, 1.807) is 18.2 Å². The van der Waals surface area contributed by atoms with E-state index in [-0.39, 0.29) is 16.6 Å². The van der Waals surface area contributed by atoms with Crippen molar-refractivity contribution in [3.05, 3.63) is 57.8 Å². The Kier molecular flexibility index (Phi) is 3.94. The summed E-state index contributed by atoms with van der Waals surface area (Å²) in [6, 6.07) is 9.10. The van der Waals surface area contributed by atoms with Crippen molar-refractivity contribution in [1.29, 1.82) is 0 Å². The molecular formula is C13H10Cl2FNO. The van der Waals surface area contributed by atoms with E-state index < -0.39 is 0 Å². The number of halogens is 3. The van der Waals surface area contributed by atoms with E-state index >= 15 is 0 Å². The average Bonchev–Trinajstić information content (AvgIpc) is 2.29. The molecule has 2 aromatic rings. The Morgan fingerprint density at radius 1 is 1.11 bits per heavy atom. The van der Waals surface area contributed by atoms with E-state index in [1.165, 1.54) is 18.2 Å². The summed E-state index contributed by atoms with van der Waals surface area (Å²) in [6.07, 6.45) is 0. The van der Waals surface area contributed by atoms with Crippen molar-refractivity contribution in [2.24, 2.45) is 0 Å².